The zero-order chi connectivity index (χ0) is 20.4. The lowest BCUT2D eigenvalue weighted by Crippen LogP contribution is -2.25. The third kappa shape index (κ3) is 6.66. The lowest BCUT2D eigenvalue weighted by atomic mass is 9.97. The fraction of sp³-hybridized carbons (Fsp3) is 0.261. The highest BCUT2D eigenvalue weighted by Gasteiger charge is 2.14. The Morgan fingerprint density at radius 2 is 1.78 bits per heavy atom. The van der Waals surface area contributed by atoms with E-state index in [2.05, 4.69) is 78.0 Å². The highest BCUT2D eigenvalue weighted by molar-refractivity contribution is 6.07. The fourth-order valence-corrected chi connectivity index (χ4v) is 2.45. The maximum absolute atomic E-state index is 4.49. The highest BCUT2D eigenvalue weighted by Crippen LogP contribution is 2.24. The molecule has 0 aliphatic carbocycles. The van der Waals surface area contributed by atoms with Crippen LogP contribution < -0.4 is 5.32 Å². The number of azo groups is 1. The molecule has 1 aromatic rings. The lowest BCUT2D eigenvalue weighted by molar-refractivity contribution is 0.701. The van der Waals surface area contributed by atoms with Crippen LogP contribution in [0, 0.1) is 0 Å². The van der Waals surface area contributed by atoms with Crippen molar-refractivity contribution in [3.05, 3.63) is 91.0 Å². The molecule has 1 N–H and O–H groups in total. The summed E-state index contributed by atoms with van der Waals surface area (Å²) in [6.45, 7) is 22.1. The van der Waals surface area contributed by atoms with Gasteiger partial charge in [0, 0.05) is 7.05 Å². The zero-order valence-electron chi connectivity index (χ0n) is 16.9. The van der Waals surface area contributed by atoms with Crippen LogP contribution in [0.15, 0.2) is 95.0 Å². The minimum atomic E-state index is -0.0776. The Hall–Kier alpha value is -3.01. The molecule has 0 spiro atoms. The fourth-order valence-electron chi connectivity index (χ4n) is 2.45. The Labute approximate surface area is 163 Å². The molecule has 0 fully saturated rings. The quantitative estimate of drug-likeness (QED) is 0.292. The molecule has 0 aromatic heterocycles. The maximum atomic E-state index is 4.49. The van der Waals surface area contributed by atoms with Gasteiger partial charge in [-0.3, -0.25) is 0 Å². The average Bonchev–Trinajstić information content (AvgIpc) is 2.67. The molecule has 0 radical (unpaired) electrons. The summed E-state index contributed by atoms with van der Waals surface area (Å²) < 4.78 is 0. The molecule has 0 bridgehead atoms. The number of nitrogens with one attached hydrogen (secondary N) is 1. The van der Waals surface area contributed by atoms with Crippen LogP contribution in [0.25, 0.3) is 5.57 Å². The molecule has 0 unspecified atom stereocenters. The van der Waals surface area contributed by atoms with Crippen molar-refractivity contribution in [3.63, 3.8) is 0 Å². The van der Waals surface area contributed by atoms with Crippen LogP contribution >= 0.6 is 0 Å². The molecule has 142 valence electrons. The average molecular weight is 363 g/mol. The molecule has 0 amide bonds. The van der Waals surface area contributed by atoms with Gasteiger partial charge in [0.15, 0.2) is 0 Å². The van der Waals surface area contributed by atoms with Gasteiger partial charge in [0.2, 0.25) is 0 Å². The Bertz CT molecular complexity index is 792. The Kier molecular flexibility index (Phi) is 8.86. The highest BCUT2D eigenvalue weighted by atomic mass is 15.1. The van der Waals surface area contributed by atoms with Gasteiger partial charge in [-0.2, -0.15) is 10.2 Å². The summed E-state index contributed by atoms with van der Waals surface area (Å²) in [7, 11) is 1.61. The summed E-state index contributed by atoms with van der Waals surface area (Å²) in [6.07, 6.45) is 4.19. The minimum absolute atomic E-state index is 0.0776. The van der Waals surface area contributed by atoms with Gasteiger partial charge in [-0.25, -0.2) is 4.99 Å². The number of benzene rings is 1. The van der Waals surface area contributed by atoms with E-state index >= 15 is 0 Å². The summed E-state index contributed by atoms with van der Waals surface area (Å²) in [6, 6.07) is 8.28. The van der Waals surface area contributed by atoms with Crippen LogP contribution in [0.5, 0.6) is 0 Å². The van der Waals surface area contributed by atoms with Crippen LogP contribution in [0.2, 0.25) is 0 Å². The van der Waals surface area contributed by atoms with Gasteiger partial charge in [-0.05, 0) is 43.0 Å². The van der Waals surface area contributed by atoms with Gasteiger partial charge in [0.1, 0.15) is 0 Å². The molecule has 0 saturated carbocycles. The van der Waals surface area contributed by atoms with Gasteiger partial charge in [0.25, 0.3) is 0 Å². The lowest BCUT2D eigenvalue weighted by Gasteiger charge is -2.22. The number of aliphatic imine (C=N–C) groups is 1. The van der Waals surface area contributed by atoms with Gasteiger partial charge in [-0.1, -0.05) is 63.1 Å². The molecule has 1 aromatic carbocycles. The number of rotatable bonds is 10. The van der Waals surface area contributed by atoms with Crippen molar-refractivity contribution in [1.82, 2.24) is 5.32 Å². The van der Waals surface area contributed by atoms with Crippen molar-refractivity contribution in [1.29, 1.82) is 0 Å². The van der Waals surface area contributed by atoms with Crippen LogP contribution in [-0.2, 0) is 0 Å². The largest absolute Gasteiger partial charge is 0.373 e. The van der Waals surface area contributed by atoms with Crippen molar-refractivity contribution < 1.29 is 0 Å². The van der Waals surface area contributed by atoms with Crippen molar-refractivity contribution in [2.24, 2.45) is 15.2 Å². The van der Waals surface area contributed by atoms with Crippen molar-refractivity contribution in [3.8, 4) is 0 Å². The second-order valence-electron chi connectivity index (χ2n) is 6.27. The van der Waals surface area contributed by atoms with E-state index in [0.29, 0.717) is 17.1 Å². The van der Waals surface area contributed by atoms with Crippen LogP contribution in [-0.4, -0.2) is 12.8 Å². The summed E-state index contributed by atoms with van der Waals surface area (Å²) in [5, 5.41) is 10.9. The standard InChI is InChI=1S/C23H30N4/c1-9-17(5)20-11-13-21(14-12-20)23(16(3)4)27-19(7)22(10-2)26-18(6)15-25-24-8/h10-15,23,27H,2-3,5,7,9H2,1,4,6,8H3/b18-15+,25-24?,26-22?/t23-/m0/s1. The van der Waals surface area contributed by atoms with Crippen molar-refractivity contribution >= 4 is 11.3 Å². The molecule has 4 nitrogen and oxygen atoms in total. The van der Waals surface area contributed by atoms with Crippen molar-refractivity contribution in [2.75, 3.05) is 7.05 Å². The minimum Gasteiger partial charge on any atom is -0.373 e. The summed E-state index contributed by atoms with van der Waals surface area (Å²) in [5.74, 6) is 0. The number of hydrogen-bond acceptors (Lipinski definition) is 4. The molecule has 0 aliphatic rings. The SMILES string of the molecule is C=CC(=N/C(C)=C/N=NC)C(=C)N[C@@H](C(=C)C)c1ccc(C(=C)CC)cc1. The second-order valence-corrected chi connectivity index (χ2v) is 6.27. The predicted octanol–water partition coefficient (Wildman–Crippen LogP) is 6.40. The molecule has 1 atom stereocenters. The molecular formula is C23H30N4. The van der Waals surface area contributed by atoms with Crippen molar-refractivity contribution in [2.45, 2.75) is 33.2 Å². The summed E-state index contributed by atoms with van der Waals surface area (Å²) in [4.78, 5) is 4.49. The Balaban J connectivity index is 3.07. The topological polar surface area (TPSA) is 49.1 Å². The molecule has 0 aliphatic heterocycles. The first-order chi connectivity index (χ1) is 12.8. The van der Waals surface area contributed by atoms with E-state index in [9.17, 15) is 0 Å². The smallest absolute Gasteiger partial charge is 0.0853 e. The first-order valence-corrected chi connectivity index (χ1v) is 8.90. The van der Waals surface area contributed by atoms with E-state index in [1.807, 2.05) is 13.8 Å². The normalized spacial score (nSPS) is 13.3. The third-order valence-electron chi connectivity index (χ3n) is 4.05. The van der Waals surface area contributed by atoms with E-state index in [0.717, 1.165) is 28.7 Å². The van der Waals surface area contributed by atoms with Gasteiger partial charge in [0.05, 0.1) is 29.3 Å². The van der Waals surface area contributed by atoms with Crippen LogP contribution in [0.3, 0.4) is 0 Å². The van der Waals surface area contributed by atoms with Crippen LogP contribution in [0.1, 0.15) is 44.4 Å². The van der Waals surface area contributed by atoms with E-state index in [1.165, 1.54) is 0 Å². The number of hydrogen-bond donors (Lipinski definition) is 1. The third-order valence-corrected chi connectivity index (χ3v) is 4.05. The monoisotopic (exact) mass is 362 g/mol. The van der Waals surface area contributed by atoms with Gasteiger partial charge >= 0.3 is 0 Å². The van der Waals surface area contributed by atoms with Crippen LogP contribution in [0.4, 0.5) is 0 Å². The summed E-state index contributed by atoms with van der Waals surface area (Å²) >= 11 is 0. The van der Waals surface area contributed by atoms with E-state index in [4.69, 9.17) is 0 Å². The molecule has 27 heavy (non-hydrogen) atoms. The second kappa shape index (κ2) is 10.9. The van der Waals surface area contributed by atoms with E-state index in [1.54, 1.807) is 19.3 Å². The Morgan fingerprint density at radius 1 is 1.15 bits per heavy atom. The Morgan fingerprint density at radius 3 is 2.26 bits per heavy atom. The van der Waals surface area contributed by atoms with Gasteiger partial charge < -0.3 is 5.32 Å². The number of nitrogens with zero attached hydrogens (tertiary/aromatic N) is 3. The first kappa shape index (κ1) is 22.0. The van der Waals surface area contributed by atoms with Gasteiger partial charge in [-0.15, -0.1) is 0 Å². The molecule has 1 rings (SSSR count). The summed E-state index contributed by atoms with van der Waals surface area (Å²) in [5.41, 5.74) is 6.39. The number of allylic oxidation sites excluding steroid dienone is 3. The molecule has 4 heteroatoms. The zero-order valence-corrected chi connectivity index (χ0v) is 16.9. The predicted molar refractivity (Wildman–Crippen MR) is 118 cm³/mol. The molecular weight excluding hydrogens is 332 g/mol. The molecule has 0 heterocycles. The van der Waals surface area contributed by atoms with E-state index < -0.39 is 0 Å². The molecule has 0 saturated heterocycles. The maximum Gasteiger partial charge on any atom is 0.0853 e. The van der Waals surface area contributed by atoms with E-state index in [-0.39, 0.29) is 6.04 Å². The first-order valence-electron chi connectivity index (χ1n) is 8.90.